The number of nitrogens with zero attached hydrogens (tertiary/aromatic N) is 1. The second kappa shape index (κ2) is 7.85. The Kier molecular flexibility index (Phi) is 5.82. The first-order chi connectivity index (χ1) is 11.9. The molecule has 2 aromatic carbocycles. The van der Waals surface area contributed by atoms with E-state index < -0.39 is 10.8 Å². The smallest absolute Gasteiger partial charge is 0.288 e. The van der Waals surface area contributed by atoms with Crippen LogP contribution in [0.15, 0.2) is 36.4 Å². The van der Waals surface area contributed by atoms with E-state index in [1.165, 1.54) is 26.4 Å². The van der Waals surface area contributed by atoms with Gasteiger partial charge in [-0.2, -0.15) is 0 Å². The van der Waals surface area contributed by atoms with E-state index in [1.807, 2.05) is 0 Å². The largest absolute Gasteiger partial charge is 0.493 e. The van der Waals surface area contributed by atoms with Gasteiger partial charge in [0.25, 0.3) is 11.6 Å². The Balaban J connectivity index is 2.20. The summed E-state index contributed by atoms with van der Waals surface area (Å²) in [5.74, 6) is 0.684. The van der Waals surface area contributed by atoms with Gasteiger partial charge >= 0.3 is 0 Å². The van der Waals surface area contributed by atoms with E-state index in [0.29, 0.717) is 11.5 Å². The van der Waals surface area contributed by atoms with Gasteiger partial charge in [0.1, 0.15) is 5.02 Å². The standard InChI is InChI=1S/C17H17ClN2O5/c1-10(11-5-7-15(24-2)16(9-11)25-3)19-17(21)12-4-6-13(18)14(8-12)20(22)23/h4-10H,1-3H3,(H,19,21)/t10-/m1/s1. The van der Waals surface area contributed by atoms with E-state index in [4.69, 9.17) is 21.1 Å². The number of nitro benzene ring substituents is 1. The van der Waals surface area contributed by atoms with Gasteiger partial charge in [-0.15, -0.1) is 0 Å². The van der Waals surface area contributed by atoms with Gasteiger partial charge in [-0.3, -0.25) is 14.9 Å². The molecule has 8 heteroatoms. The zero-order valence-corrected chi connectivity index (χ0v) is 14.7. The molecule has 0 heterocycles. The van der Waals surface area contributed by atoms with Crippen molar-refractivity contribution >= 4 is 23.2 Å². The maximum atomic E-state index is 12.4. The molecule has 0 saturated heterocycles. The lowest BCUT2D eigenvalue weighted by atomic mass is 10.1. The van der Waals surface area contributed by atoms with E-state index in [9.17, 15) is 14.9 Å². The van der Waals surface area contributed by atoms with Gasteiger partial charge in [0.2, 0.25) is 0 Å². The van der Waals surface area contributed by atoms with Crippen LogP contribution in [0.5, 0.6) is 11.5 Å². The fourth-order valence-electron chi connectivity index (χ4n) is 2.28. The van der Waals surface area contributed by atoms with Gasteiger partial charge in [0.05, 0.1) is 25.2 Å². The van der Waals surface area contributed by atoms with Crippen LogP contribution in [0.2, 0.25) is 5.02 Å². The van der Waals surface area contributed by atoms with Crippen LogP contribution in [0.25, 0.3) is 0 Å². The van der Waals surface area contributed by atoms with Gasteiger partial charge in [0, 0.05) is 11.6 Å². The third-order valence-corrected chi connectivity index (χ3v) is 3.98. The number of amides is 1. The highest BCUT2D eigenvalue weighted by molar-refractivity contribution is 6.32. The van der Waals surface area contributed by atoms with Crippen LogP contribution in [0.3, 0.4) is 0 Å². The van der Waals surface area contributed by atoms with Crippen LogP contribution in [-0.4, -0.2) is 25.1 Å². The highest BCUT2D eigenvalue weighted by atomic mass is 35.5. The van der Waals surface area contributed by atoms with Crippen molar-refractivity contribution in [1.82, 2.24) is 5.32 Å². The molecule has 0 saturated carbocycles. The van der Waals surface area contributed by atoms with Crippen molar-refractivity contribution < 1.29 is 19.2 Å². The molecular formula is C17H17ClN2O5. The Bertz CT molecular complexity index is 810. The van der Waals surface area contributed by atoms with E-state index >= 15 is 0 Å². The number of hydrogen-bond acceptors (Lipinski definition) is 5. The molecule has 2 aromatic rings. The summed E-state index contributed by atoms with van der Waals surface area (Å²) in [7, 11) is 3.06. The summed E-state index contributed by atoms with van der Waals surface area (Å²) in [6.45, 7) is 1.80. The van der Waals surface area contributed by atoms with Crippen molar-refractivity contribution in [2.45, 2.75) is 13.0 Å². The number of rotatable bonds is 6. The maximum Gasteiger partial charge on any atom is 0.288 e. The number of nitrogens with one attached hydrogen (secondary N) is 1. The Morgan fingerprint density at radius 1 is 1.16 bits per heavy atom. The van der Waals surface area contributed by atoms with Crippen LogP contribution < -0.4 is 14.8 Å². The third-order valence-electron chi connectivity index (χ3n) is 3.66. The fourth-order valence-corrected chi connectivity index (χ4v) is 2.47. The monoisotopic (exact) mass is 364 g/mol. The predicted octanol–water partition coefficient (Wildman–Crippen LogP) is 3.76. The van der Waals surface area contributed by atoms with Gasteiger partial charge in [-0.1, -0.05) is 17.7 Å². The topological polar surface area (TPSA) is 90.7 Å². The summed E-state index contributed by atoms with van der Waals surface area (Å²) < 4.78 is 10.4. The molecule has 0 spiro atoms. The molecule has 1 N–H and O–H groups in total. The predicted molar refractivity (Wildman–Crippen MR) is 93.5 cm³/mol. The molecule has 0 aliphatic carbocycles. The summed E-state index contributed by atoms with van der Waals surface area (Å²) in [4.78, 5) is 22.7. The highest BCUT2D eigenvalue weighted by Gasteiger charge is 2.18. The molecule has 0 aliphatic rings. The second-order valence-electron chi connectivity index (χ2n) is 5.23. The number of halogens is 1. The first-order valence-corrected chi connectivity index (χ1v) is 7.72. The van der Waals surface area contributed by atoms with Gasteiger partial charge < -0.3 is 14.8 Å². The van der Waals surface area contributed by atoms with Crippen molar-refractivity contribution in [3.63, 3.8) is 0 Å². The van der Waals surface area contributed by atoms with Crippen LogP contribution >= 0.6 is 11.6 Å². The number of benzene rings is 2. The maximum absolute atomic E-state index is 12.4. The summed E-state index contributed by atoms with van der Waals surface area (Å²) in [5, 5.41) is 13.7. The first-order valence-electron chi connectivity index (χ1n) is 7.34. The Morgan fingerprint density at radius 3 is 2.44 bits per heavy atom. The highest BCUT2D eigenvalue weighted by Crippen LogP contribution is 2.30. The van der Waals surface area contributed by atoms with Crippen molar-refractivity contribution in [2.75, 3.05) is 14.2 Å². The van der Waals surface area contributed by atoms with E-state index in [-0.39, 0.29) is 22.3 Å². The molecular weight excluding hydrogens is 348 g/mol. The molecule has 0 aliphatic heterocycles. The number of ether oxygens (including phenoxy) is 2. The number of hydrogen-bond donors (Lipinski definition) is 1. The summed E-state index contributed by atoms with van der Waals surface area (Å²) in [6.07, 6.45) is 0. The lowest BCUT2D eigenvalue weighted by molar-refractivity contribution is -0.384. The van der Waals surface area contributed by atoms with E-state index in [0.717, 1.165) is 11.6 Å². The minimum Gasteiger partial charge on any atom is -0.493 e. The average molecular weight is 365 g/mol. The van der Waals surface area contributed by atoms with Gasteiger partial charge in [0.15, 0.2) is 11.5 Å². The number of carbonyl (C=O) groups is 1. The quantitative estimate of drug-likeness (QED) is 0.622. The van der Waals surface area contributed by atoms with Crippen LogP contribution in [-0.2, 0) is 0 Å². The number of carbonyl (C=O) groups excluding carboxylic acids is 1. The molecule has 0 bridgehead atoms. The zero-order chi connectivity index (χ0) is 18.6. The first kappa shape index (κ1) is 18.5. The van der Waals surface area contributed by atoms with E-state index in [2.05, 4.69) is 5.32 Å². The Hall–Kier alpha value is -2.80. The lowest BCUT2D eigenvalue weighted by Gasteiger charge is -2.16. The Labute approximate surface area is 149 Å². The fraction of sp³-hybridized carbons (Fsp3) is 0.235. The van der Waals surface area contributed by atoms with Crippen LogP contribution in [0.4, 0.5) is 5.69 Å². The molecule has 0 aromatic heterocycles. The Morgan fingerprint density at radius 2 is 1.84 bits per heavy atom. The van der Waals surface area contributed by atoms with Crippen molar-refractivity contribution in [1.29, 1.82) is 0 Å². The normalized spacial score (nSPS) is 11.5. The molecule has 2 rings (SSSR count). The van der Waals surface area contributed by atoms with Crippen LogP contribution in [0, 0.1) is 10.1 Å². The lowest BCUT2D eigenvalue weighted by Crippen LogP contribution is -2.26. The SMILES string of the molecule is COc1ccc([C@@H](C)NC(=O)c2ccc(Cl)c([N+](=O)[O-])c2)cc1OC. The van der Waals surface area contributed by atoms with E-state index in [1.54, 1.807) is 25.1 Å². The number of nitro groups is 1. The minimum absolute atomic E-state index is 0.0190. The second-order valence-corrected chi connectivity index (χ2v) is 5.64. The molecule has 25 heavy (non-hydrogen) atoms. The van der Waals surface area contributed by atoms with Gasteiger partial charge in [-0.05, 0) is 36.8 Å². The van der Waals surface area contributed by atoms with Crippen LogP contribution in [0.1, 0.15) is 28.9 Å². The zero-order valence-electron chi connectivity index (χ0n) is 13.9. The summed E-state index contributed by atoms with van der Waals surface area (Å²) >= 11 is 5.76. The van der Waals surface area contributed by atoms with Crippen molar-refractivity contribution in [3.05, 3.63) is 62.7 Å². The molecule has 132 valence electrons. The third kappa shape index (κ3) is 4.19. The molecule has 7 nitrogen and oxygen atoms in total. The van der Waals surface area contributed by atoms with Gasteiger partial charge in [-0.25, -0.2) is 0 Å². The summed E-state index contributed by atoms with van der Waals surface area (Å²) in [6, 6.07) is 8.87. The molecule has 1 amide bonds. The minimum atomic E-state index is -0.628. The summed E-state index contributed by atoms with van der Waals surface area (Å²) in [5.41, 5.74) is 0.644. The molecule has 1 atom stereocenters. The molecule has 0 unspecified atom stereocenters. The molecule has 0 fully saturated rings. The average Bonchev–Trinajstić information content (AvgIpc) is 2.60. The van der Waals surface area contributed by atoms with Crippen molar-refractivity contribution in [3.8, 4) is 11.5 Å². The molecule has 0 radical (unpaired) electrons. The number of methoxy groups -OCH3 is 2. The van der Waals surface area contributed by atoms with Crippen molar-refractivity contribution in [2.24, 2.45) is 0 Å².